The van der Waals surface area contributed by atoms with Crippen molar-refractivity contribution in [2.45, 2.75) is 58.5 Å². The fourth-order valence-electron chi connectivity index (χ4n) is 2.95. The number of nitrogens with zero attached hydrogens (tertiary/aromatic N) is 1. The molecular weight excluding hydrogens is 268 g/mol. The predicted octanol–water partition coefficient (Wildman–Crippen LogP) is 1.56. The molecule has 2 rings (SSSR count). The first-order valence-corrected chi connectivity index (χ1v) is 7.91. The Morgan fingerprint density at radius 1 is 1.24 bits per heavy atom. The normalized spacial score (nSPS) is 27.2. The predicted molar refractivity (Wildman–Crippen MR) is 80.7 cm³/mol. The molecule has 1 heterocycles. The van der Waals surface area contributed by atoms with Crippen LogP contribution in [-0.2, 0) is 14.3 Å². The molecule has 0 bridgehead atoms. The van der Waals surface area contributed by atoms with E-state index in [0.717, 1.165) is 19.5 Å². The van der Waals surface area contributed by atoms with Crippen molar-refractivity contribution in [2.75, 3.05) is 20.2 Å². The summed E-state index contributed by atoms with van der Waals surface area (Å²) in [5, 5.41) is 3.16. The van der Waals surface area contributed by atoms with Crippen LogP contribution in [0.5, 0.6) is 0 Å². The van der Waals surface area contributed by atoms with Crippen molar-refractivity contribution in [1.82, 2.24) is 10.2 Å². The molecule has 1 amide bonds. The third-order valence-corrected chi connectivity index (χ3v) is 4.33. The topological polar surface area (TPSA) is 58.6 Å². The minimum atomic E-state index is -0.375. The van der Waals surface area contributed by atoms with Crippen molar-refractivity contribution in [2.24, 2.45) is 11.3 Å². The van der Waals surface area contributed by atoms with Crippen LogP contribution in [0, 0.1) is 11.3 Å². The van der Waals surface area contributed by atoms with Gasteiger partial charge in [0.05, 0.1) is 7.11 Å². The van der Waals surface area contributed by atoms with Gasteiger partial charge in [0.25, 0.3) is 0 Å². The first-order valence-electron chi connectivity index (χ1n) is 7.91. The Morgan fingerprint density at radius 3 is 2.43 bits per heavy atom. The molecule has 0 radical (unpaired) electrons. The lowest BCUT2D eigenvalue weighted by molar-refractivity contribution is -0.142. The van der Waals surface area contributed by atoms with Gasteiger partial charge in [-0.15, -0.1) is 0 Å². The van der Waals surface area contributed by atoms with Gasteiger partial charge in [-0.25, -0.2) is 0 Å². The second-order valence-electron chi connectivity index (χ2n) is 7.49. The number of likely N-dealkylation sites (tertiary alicyclic amines) is 1. The van der Waals surface area contributed by atoms with Crippen molar-refractivity contribution < 1.29 is 14.3 Å². The maximum atomic E-state index is 12.2. The molecule has 0 spiro atoms. The number of methoxy groups -OCH3 is 1. The van der Waals surface area contributed by atoms with E-state index in [-0.39, 0.29) is 29.3 Å². The minimum Gasteiger partial charge on any atom is -0.469 e. The van der Waals surface area contributed by atoms with Crippen LogP contribution in [-0.4, -0.2) is 49.1 Å². The molecule has 21 heavy (non-hydrogen) atoms. The Labute approximate surface area is 127 Å². The molecular formula is C16H28N2O3. The van der Waals surface area contributed by atoms with Gasteiger partial charge in [-0.1, -0.05) is 20.8 Å². The van der Waals surface area contributed by atoms with Crippen LogP contribution >= 0.6 is 0 Å². The molecule has 5 heteroatoms. The lowest BCUT2D eigenvalue weighted by Crippen LogP contribution is -2.53. The van der Waals surface area contributed by atoms with Crippen LogP contribution in [0.3, 0.4) is 0 Å². The van der Waals surface area contributed by atoms with Gasteiger partial charge >= 0.3 is 5.97 Å². The molecule has 1 saturated heterocycles. The Morgan fingerprint density at radius 2 is 1.90 bits per heavy atom. The number of amides is 1. The number of carbonyl (C=O) groups is 2. The van der Waals surface area contributed by atoms with Gasteiger partial charge in [-0.3, -0.25) is 14.5 Å². The van der Waals surface area contributed by atoms with E-state index < -0.39 is 0 Å². The number of carbonyl (C=O) groups excluding carboxylic acids is 2. The molecule has 2 unspecified atom stereocenters. The van der Waals surface area contributed by atoms with Crippen molar-refractivity contribution in [3.8, 4) is 0 Å². The highest BCUT2D eigenvalue weighted by Gasteiger charge is 2.38. The van der Waals surface area contributed by atoms with Crippen LogP contribution in [0.4, 0.5) is 0 Å². The van der Waals surface area contributed by atoms with Gasteiger partial charge in [0.15, 0.2) is 0 Å². The molecule has 1 saturated carbocycles. The maximum absolute atomic E-state index is 12.2. The lowest BCUT2D eigenvalue weighted by atomic mass is 9.89. The SMILES string of the molecule is COC(=O)CC1CC(NC(=O)C(C)(C)C)CN(C2CC2)C1. The number of ether oxygens (including phenoxy) is 1. The smallest absolute Gasteiger partial charge is 0.305 e. The fourth-order valence-corrected chi connectivity index (χ4v) is 2.95. The summed E-state index contributed by atoms with van der Waals surface area (Å²) in [7, 11) is 1.43. The molecule has 0 aromatic rings. The van der Waals surface area contributed by atoms with E-state index >= 15 is 0 Å². The van der Waals surface area contributed by atoms with E-state index in [0.29, 0.717) is 12.5 Å². The van der Waals surface area contributed by atoms with Gasteiger partial charge in [-0.05, 0) is 25.2 Å². The Kier molecular flexibility index (Phi) is 4.91. The summed E-state index contributed by atoms with van der Waals surface area (Å²) >= 11 is 0. The van der Waals surface area contributed by atoms with Gasteiger partial charge in [-0.2, -0.15) is 0 Å². The van der Waals surface area contributed by atoms with Crippen LogP contribution in [0.2, 0.25) is 0 Å². The average Bonchev–Trinajstić information content (AvgIpc) is 3.21. The van der Waals surface area contributed by atoms with Gasteiger partial charge in [0.2, 0.25) is 5.91 Å². The quantitative estimate of drug-likeness (QED) is 0.800. The zero-order valence-electron chi connectivity index (χ0n) is 13.6. The molecule has 1 N–H and O–H groups in total. The summed E-state index contributed by atoms with van der Waals surface area (Å²) in [5.74, 6) is 0.206. The molecule has 2 atom stereocenters. The number of esters is 1. The molecule has 2 aliphatic rings. The van der Waals surface area contributed by atoms with E-state index in [2.05, 4.69) is 10.2 Å². The van der Waals surface area contributed by atoms with Gasteiger partial charge in [0, 0.05) is 37.0 Å². The molecule has 1 aliphatic carbocycles. The molecule has 0 aromatic heterocycles. The standard InChI is InChI=1S/C16H28N2O3/c1-16(2,3)15(20)17-12-7-11(8-14(19)21-4)9-18(10-12)13-5-6-13/h11-13H,5-10H2,1-4H3,(H,17,20). The summed E-state index contributed by atoms with van der Waals surface area (Å²) in [6.07, 6.45) is 3.79. The zero-order chi connectivity index (χ0) is 15.6. The van der Waals surface area contributed by atoms with E-state index in [1.165, 1.54) is 20.0 Å². The number of hydrogen-bond donors (Lipinski definition) is 1. The van der Waals surface area contributed by atoms with E-state index in [4.69, 9.17) is 4.74 Å². The number of nitrogens with one attached hydrogen (secondary N) is 1. The van der Waals surface area contributed by atoms with Crippen molar-refractivity contribution in [3.63, 3.8) is 0 Å². The molecule has 2 fully saturated rings. The fraction of sp³-hybridized carbons (Fsp3) is 0.875. The first kappa shape index (κ1) is 16.3. The summed E-state index contributed by atoms with van der Waals surface area (Å²) in [6, 6.07) is 0.792. The highest BCUT2D eigenvalue weighted by atomic mass is 16.5. The van der Waals surface area contributed by atoms with Crippen molar-refractivity contribution in [1.29, 1.82) is 0 Å². The van der Waals surface area contributed by atoms with Crippen molar-refractivity contribution >= 4 is 11.9 Å². The number of hydrogen-bond acceptors (Lipinski definition) is 4. The summed E-state index contributed by atoms with van der Waals surface area (Å²) in [6.45, 7) is 7.63. The van der Waals surface area contributed by atoms with Crippen LogP contribution in [0.25, 0.3) is 0 Å². The van der Waals surface area contributed by atoms with E-state index in [1.54, 1.807) is 0 Å². The summed E-state index contributed by atoms with van der Waals surface area (Å²) < 4.78 is 4.79. The second-order valence-corrected chi connectivity index (χ2v) is 7.49. The highest BCUT2D eigenvalue weighted by Crippen LogP contribution is 2.32. The van der Waals surface area contributed by atoms with Crippen LogP contribution in [0.1, 0.15) is 46.5 Å². The zero-order valence-corrected chi connectivity index (χ0v) is 13.6. The molecule has 120 valence electrons. The first-order chi connectivity index (χ1) is 9.79. The van der Waals surface area contributed by atoms with E-state index in [9.17, 15) is 9.59 Å². The second kappa shape index (κ2) is 6.34. The summed E-state index contributed by atoms with van der Waals surface area (Å²) in [5.41, 5.74) is -0.375. The average molecular weight is 296 g/mol. The highest BCUT2D eigenvalue weighted by molar-refractivity contribution is 5.81. The molecule has 1 aliphatic heterocycles. The van der Waals surface area contributed by atoms with Crippen LogP contribution in [0.15, 0.2) is 0 Å². The van der Waals surface area contributed by atoms with Gasteiger partial charge in [0.1, 0.15) is 0 Å². The minimum absolute atomic E-state index is 0.0852. The third-order valence-electron chi connectivity index (χ3n) is 4.33. The molecule has 5 nitrogen and oxygen atoms in total. The van der Waals surface area contributed by atoms with E-state index in [1.807, 2.05) is 20.8 Å². The Hall–Kier alpha value is -1.10. The summed E-state index contributed by atoms with van der Waals surface area (Å²) in [4.78, 5) is 26.2. The Balaban J connectivity index is 1.96. The van der Waals surface area contributed by atoms with Crippen molar-refractivity contribution in [3.05, 3.63) is 0 Å². The third kappa shape index (κ3) is 4.70. The van der Waals surface area contributed by atoms with Gasteiger partial charge < -0.3 is 10.1 Å². The lowest BCUT2D eigenvalue weighted by Gasteiger charge is -2.38. The molecule has 0 aromatic carbocycles. The number of piperidine rings is 1. The Bertz CT molecular complexity index is 399. The monoisotopic (exact) mass is 296 g/mol. The van der Waals surface area contributed by atoms with Crippen LogP contribution < -0.4 is 5.32 Å². The number of rotatable bonds is 4. The maximum Gasteiger partial charge on any atom is 0.305 e. The largest absolute Gasteiger partial charge is 0.469 e.